The minimum Gasteiger partial charge on any atom is -0.496 e. The van der Waals surface area contributed by atoms with Gasteiger partial charge in [0.25, 0.3) is 0 Å². The number of Topliss-reactive ketones (excluding diaryl/α,β-unsaturated/α-hetero) is 1. The predicted molar refractivity (Wildman–Crippen MR) is 75.7 cm³/mol. The van der Waals surface area contributed by atoms with Crippen LogP contribution in [0.2, 0.25) is 0 Å². The van der Waals surface area contributed by atoms with E-state index in [9.17, 15) is 9.59 Å². The molecule has 0 unspecified atom stereocenters. The molecule has 0 saturated carbocycles. The van der Waals surface area contributed by atoms with E-state index in [-0.39, 0.29) is 12.2 Å². The highest BCUT2D eigenvalue weighted by molar-refractivity contribution is 6.25. The van der Waals surface area contributed by atoms with Gasteiger partial charge in [-0.15, -0.1) is 0 Å². The first kappa shape index (κ1) is 15.8. The molecule has 0 spiro atoms. The van der Waals surface area contributed by atoms with E-state index in [0.717, 1.165) is 0 Å². The first-order valence-corrected chi connectivity index (χ1v) is 6.24. The average molecular weight is 277 g/mol. The van der Waals surface area contributed by atoms with Crippen LogP contribution in [0.25, 0.3) is 0 Å². The summed E-state index contributed by atoms with van der Waals surface area (Å²) < 4.78 is 10.1. The number of ether oxygens (including phenoxy) is 2. The van der Waals surface area contributed by atoms with E-state index in [1.807, 2.05) is 0 Å². The number of carbonyl (C=O) groups excluding carboxylic acids is 2. The number of carbonyl (C=O) groups is 2. The summed E-state index contributed by atoms with van der Waals surface area (Å²) in [5.74, 6) is -0.641. The van der Waals surface area contributed by atoms with E-state index in [0.29, 0.717) is 11.3 Å². The first-order valence-electron chi connectivity index (χ1n) is 6.24. The summed E-state index contributed by atoms with van der Waals surface area (Å²) in [6.07, 6.45) is 1.45. The van der Waals surface area contributed by atoms with Crippen molar-refractivity contribution < 1.29 is 19.1 Å². The summed E-state index contributed by atoms with van der Waals surface area (Å²) in [6, 6.07) is 6.76. The molecule has 0 amide bonds. The van der Waals surface area contributed by atoms with Crippen molar-refractivity contribution in [3.05, 3.63) is 41.6 Å². The molecule has 0 radical (unpaired) electrons. The fourth-order valence-corrected chi connectivity index (χ4v) is 1.65. The van der Waals surface area contributed by atoms with Gasteiger partial charge in [0.15, 0.2) is 0 Å². The highest BCUT2D eigenvalue weighted by Gasteiger charge is 2.24. The van der Waals surface area contributed by atoms with E-state index in [1.54, 1.807) is 50.2 Å². The highest BCUT2D eigenvalue weighted by atomic mass is 16.5. The summed E-state index contributed by atoms with van der Waals surface area (Å²) in [4.78, 5) is 26.0. The Hall–Kier alpha value is -2.30. The number of hydrogen-bond donors (Lipinski definition) is 0. The van der Waals surface area contributed by atoms with Crippen LogP contribution in [0.4, 0.5) is 0 Å². The molecule has 5 nitrogen and oxygen atoms in total. The van der Waals surface area contributed by atoms with Gasteiger partial charge >= 0.3 is 5.97 Å². The number of methoxy groups -OCH3 is 1. The van der Waals surface area contributed by atoms with Crippen LogP contribution in [0, 0.1) is 0 Å². The molecule has 0 aliphatic heterocycles. The van der Waals surface area contributed by atoms with Crippen LogP contribution in [0.1, 0.15) is 17.3 Å². The largest absolute Gasteiger partial charge is 0.496 e. The van der Waals surface area contributed by atoms with Crippen molar-refractivity contribution in [1.82, 2.24) is 4.90 Å². The van der Waals surface area contributed by atoms with Gasteiger partial charge in [-0.25, -0.2) is 4.79 Å². The van der Waals surface area contributed by atoms with E-state index < -0.39 is 11.8 Å². The molecule has 0 N–H and O–H groups in total. The van der Waals surface area contributed by atoms with Gasteiger partial charge in [-0.1, -0.05) is 12.1 Å². The summed E-state index contributed by atoms with van der Waals surface area (Å²) in [5.41, 5.74) is 0.303. The molecular formula is C15H19NO4. The fraction of sp³-hybridized carbons (Fsp3) is 0.333. The van der Waals surface area contributed by atoms with E-state index in [1.165, 1.54) is 13.3 Å². The van der Waals surface area contributed by atoms with Crippen molar-refractivity contribution in [1.29, 1.82) is 0 Å². The molecule has 1 aromatic carbocycles. The van der Waals surface area contributed by atoms with Gasteiger partial charge < -0.3 is 14.4 Å². The summed E-state index contributed by atoms with van der Waals surface area (Å²) in [5, 5.41) is 0. The third kappa shape index (κ3) is 3.85. The molecule has 0 atom stereocenters. The van der Waals surface area contributed by atoms with Crippen LogP contribution >= 0.6 is 0 Å². The van der Waals surface area contributed by atoms with Gasteiger partial charge in [0, 0.05) is 20.3 Å². The first-order chi connectivity index (χ1) is 9.51. The quantitative estimate of drug-likeness (QED) is 0.261. The lowest BCUT2D eigenvalue weighted by atomic mass is 10.0. The highest BCUT2D eigenvalue weighted by Crippen LogP contribution is 2.21. The number of para-hydroxylation sites is 1. The van der Waals surface area contributed by atoms with Crippen molar-refractivity contribution in [2.75, 3.05) is 27.8 Å². The van der Waals surface area contributed by atoms with Gasteiger partial charge in [-0.05, 0) is 19.1 Å². The lowest BCUT2D eigenvalue weighted by Crippen LogP contribution is -2.19. The molecule has 0 fully saturated rings. The Morgan fingerprint density at radius 3 is 2.45 bits per heavy atom. The van der Waals surface area contributed by atoms with Crippen LogP contribution in [-0.4, -0.2) is 44.5 Å². The number of hydrogen-bond acceptors (Lipinski definition) is 5. The van der Waals surface area contributed by atoms with Crippen molar-refractivity contribution in [2.45, 2.75) is 6.92 Å². The summed E-state index contributed by atoms with van der Waals surface area (Å²) in [6.45, 7) is 1.90. The fourth-order valence-electron chi connectivity index (χ4n) is 1.65. The maximum atomic E-state index is 12.5. The molecule has 0 aliphatic carbocycles. The molecule has 20 heavy (non-hydrogen) atoms. The van der Waals surface area contributed by atoms with Crippen molar-refractivity contribution in [3.63, 3.8) is 0 Å². The molecule has 108 valence electrons. The third-order valence-electron chi connectivity index (χ3n) is 2.48. The Morgan fingerprint density at radius 2 is 1.90 bits per heavy atom. The van der Waals surface area contributed by atoms with Crippen molar-refractivity contribution >= 4 is 11.8 Å². The second-order valence-electron chi connectivity index (χ2n) is 4.26. The Balaban J connectivity index is 3.20. The lowest BCUT2D eigenvalue weighted by Gasteiger charge is -2.12. The van der Waals surface area contributed by atoms with Gasteiger partial charge in [-0.3, -0.25) is 4.79 Å². The van der Waals surface area contributed by atoms with Gasteiger partial charge in [0.1, 0.15) is 11.3 Å². The molecule has 5 heteroatoms. The molecule has 1 aromatic rings. The van der Waals surface area contributed by atoms with Gasteiger partial charge in [0.2, 0.25) is 5.78 Å². The molecule has 0 bridgehead atoms. The van der Waals surface area contributed by atoms with Gasteiger partial charge in [0.05, 0.1) is 19.3 Å². The zero-order valence-electron chi connectivity index (χ0n) is 12.2. The number of nitrogens with zero attached hydrogens (tertiary/aromatic N) is 1. The Kier molecular flexibility index (Phi) is 5.77. The average Bonchev–Trinajstić information content (AvgIpc) is 2.44. The van der Waals surface area contributed by atoms with E-state index in [2.05, 4.69) is 0 Å². The van der Waals surface area contributed by atoms with Crippen LogP contribution < -0.4 is 4.74 Å². The summed E-state index contributed by atoms with van der Waals surface area (Å²) >= 11 is 0. The molecule has 0 heterocycles. The van der Waals surface area contributed by atoms with E-state index >= 15 is 0 Å². The zero-order chi connectivity index (χ0) is 15.1. The monoisotopic (exact) mass is 277 g/mol. The normalized spacial score (nSPS) is 10.9. The van der Waals surface area contributed by atoms with Crippen LogP contribution in [0.15, 0.2) is 36.0 Å². The zero-order valence-corrected chi connectivity index (χ0v) is 12.2. The molecule has 1 rings (SSSR count). The molecule has 0 saturated heterocycles. The molecule has 0 aliphatic rings. The second-order valence-corrected chi connectivity index (χ2v) is 4.26. The predicted octanol–water partition coefficient (Wildman–Crippen LogP) is 1.89. The Bertz CT molecular complexity index is 520. The van der Waals surface area contributed by atoms with Crippen LogP contribution in [0.3, 0.4) is 0 Å². The lowest BCUT2D eigenvalue weighted by molar-refractivity contribution is -0.138. The molecular weight excluding hydrogens is 258 g/mol. The standard InChI is InChI=1S/C15H19NO4/c1-5-20-15(18)12(10-16(2)3)14(17)11-8-6-7-9-13(11)19-4/h6-10H,5H2,1-4H3. The Morgan fingerprint density at radius 1 is 1.25 bits per heavy atom. The maximum Gasteiger partial charge on any atom is 0.343 e. The number of ketones is 1. The minimum atomic E-state index is -0.642. The van der Waals surface area contributed by atoms with Crippen LogP contribution in [-0.2, 0) is 9.53 Å². The van der Waals surface area contributed by atoms with Crippen LogP contribution in [0.5, 0.6) is 5.75 Å². The molecule has 0 aromatic heterocycles. The van der Waals surface area contributed by atoms with Crippen molar-refractivity contribution in [2.24, 2.45) is 0 Å². The van der Waals surface area contributed by atoms with Crippen molar-refractivity contribution in [3.8, 4) is 5.75 Å². The van der Waals surface area contributed by atoms with Gasteiger partial charge in [-0.2, -0.15) is 0 Å². The number of benzene rings is 1. The Labute approximate surface area is 118 Å². The number of esters is 1. The minimum absolute atomic E-state index is 0.0265. The number of rotatable bonds is 6. The third-order valence-corrected chi connectivity index (χ3v) is 2.48. The topological polar surface area (TPSA) is 55.8 Å². The SMILES string of the molecule is CCOC(=O)C(=CN(C)C)C(=O)c1ccccc1OC. The second kappa shape index (κ2) is 7.33. The smallest absolute Gasteiger partial charge is 0.343 e. The maximum absolute atomic E-state index is 12.5. The summed E-state index contributed by atoms with van der Waals surface area (Å²) in [7, 11) is 4.94. The van der Waals surface area contributed by atoms with E-state index in [4.69, 9.17) is 9.47 Å².